The monoisotopic (exact) mass is 385 g/mol. The van der Waals surface area contributed by atoms with Gasteiger partial charge in [0, 0.05) is 25.9 Å². The minimum Gasteiger partial charge on any atom is -0.474 e. The number of pyridine rings is 1. The number of hydrogen-bond acceptors (Lipinski definition) is 5. The van der Waals surface area contributed by atoms with Gasteiger partial charge in [0.05, 0.1) is 12.8 Å². The van der Waals surface area contributed by atoms with Crippen molar-refractivity contribution in [1.29, 1.82) is 0 Å². The Hall–Kier alpha value is -2.83. The summed E-state index contributed by atoms with van der Waals surface area (Å²) in [7, 11) is 1.56. The van der Waals surface area contributed by atoms with Gasteiger partial charge in [-0.05, 0) is 55.4 Å². The van der Waals surface area contributed by atoms with E-state index >= 15 is 0 Å². The summed E-state index contributed by atoms with van der Waals surface area (Å²) in [5, 5.41) is 2.82. The number of carbonyl (C=O) groups excluding carboxylic acids is 2. The molecule has 1 aliphatic carbocycles. The van der Waals surface area contributed by atoms with Crippen LogP contribution in [0.25, 0.3) is 0 Å². The van der Waals surface area contributed by atoms with Gasteiger partial charge in [0.2, 0.25) is 11.8 Å². The molecule has 0 bridgehead atoms. The first kappa shape index (κ1) is 19.9. The number of aromatic nitrogens is 1. The van der Waals surface area contributed by atoms with E-state index in [2.05, 4.69) is 17.2 Å². The largest absolute Gasteiger partial charge is 0.474 e. The summed E-state index contributed by atoms with van der Waals surface area (Å²) in [4.78, 5) is 29.8. The van der Waals surface area contributed by atoms with Crippen LogP contribution in [0.2, 0.25) is 0 Å². The molecule has 2 heterocycles. The highest BCUT2D eigenvalue weighted by atomic mass is 16.5. The van der Waals surface area contributed by atoms with Crippen molar-refractivity contribution >= 4 is 11.8 Å². The Morgan fingerprint density at radius 1 is 1.29 bits per heavy atom. The lowest BCUT2D eigenvalue weighted by Gasteiger charge is -2.26. The Kier molecular flexibility index (Phi) is 6.68. The second-order valence-electron chi connectivity index (χ2n) is 7.42. The average molecular weight is 385 g/mol. The standard InChI is InChI=1S/C21H27N3O4/c1-15-5-7-17(8-6-15)28-20-12-16(9-10-22-20)13-23-19(25)14-24(2)21(26)18-4-3-11-27-18/h3-4,9-12,15,17H,5-8,13-14H2,1-2H3,(H,23,25). The van der Waals surface area contributed by atoms with Crippen molar-refractivity contribution < 1.29 is 18.7 Å². The summed E-state index contributed by atoms with van der Waals surface area (Å²) in [6, 6.07) is 6.91. The number of amides is 2. The molecule has 1 N–H and O–H groups in total. The quantitative estimate of drug-likeness (QED) is 0.792. The van der Waals surface area contributed by atoms with Gasteiger partial charge in [-0.15, -0.1) is 0 Å². The minimum atomic E-state index is -0.332. The van der Waals surface area contributed by atoms with Gasteiger partial charge in [-0.1, -0.05) is 6.92 Å². The van der Waals surface area contributed by atoms with Crippen LogP contribution in [-0.4, -0.2) is 41.4 Å². The zero-order valence-electron chi connectivity index (χ0n) is 16.4. The molecule has 1 saturated carbocycles. The van der Waals surface area contributed by atoms with E-state index in [9.17, 15) is 9.59 Å². The Balaban J connectivity index is 1.46. The van der Waals surface area contributed by atoms with Crippen molar-refractivity contribution in [3.63, 3.8) is 0 Å². The molecule has 0 atom stereocenters. The molecule has 1 fully saturated rings. The molecule has 0 spiro atoms. The number of nitrogens with zero attached hydrogens (tertiary/aromatic N) is 2. The van der Waals surface area contributed by atoms with E-state index in [1.807, 2.05) is 12.1 Å². The average Bonchev–Trinajstić information content (AvgIpc) is 3.23. The summed E-state index contributed by atoms with van der Waals surface area (Å²) in [5.74, 6) is 0.997. The van der Waals surface area contributed by atoms with Gasteiger partial charge < -0.3 is 19.4 Å². The molecule has 28 heavy (non-hydrogen) atoms. The zero-order chi connectivity index (χ0) is 19.9. The van der Waals surface area contributed by atoms with E-state index in [0.717, 1.165) is 24.3 Å². The van der Waals surface area contributed by atoms with E-state index in [4.69, 9.17) is 9.15 Å². The molecule has 0 saturated heterocycles. The van der Waals surface area contributed by atoms with Crippen LogP contribution in [0.4, 0.5) is 0 Å². The number of rotatable bonds is 7. The van der Waals surface area contributed by atoms with Crippen molar-refractivity contribution in [3.8, 4) is 5.88 Å². The fraction of sp³-hybridized carbons (Fsp3) is 0.476. The first-order valence-electron chi connectivity index (χ1n) is 9.68. The topological polar surface area (TPSA) is 84.7 Å². The first-order valence-corrected chi connectivity index (χ1v) is 9.68. The molecule has 2 aromatic heterocycles. The van der Waals surface area contributed by atoms with Crippen molar-refractivity contribution in [2.24, 2.45) is 5.92 Å². The number of likely N-dealkylation sites (N-methyl/N-ethyl adjacent to an activating group) is 1. The molecule has 0 aliphatic heterocycles. The van der Waals surface area contributed by atoms with Gasteiger partial charge in [-0.3, -0.25) is 9.59 Å². The third kappa shape index (κ3) is 5.58. The van der Waals surface area contributed by atoms with Crippen LogP contribution in [-0.2, 0) is 11.3 Å². The maximum Gasteiger partial charge on any atom is 0.289 e. The van der Waals surface area contributed by atoms with Gasteiger partial charge in [0.1, 0.15) is 6.10 Å². The number of carbonyl (C=O) groups is 2. The summed E-state index contributed by atoms with van der Waals surface area (Å²) in [6.07, 6.45) is 7.82. The molecule has 2 amide bonds. The van der Waals surface area contributed by atoms with Crippen LogP contribution in [0.5, 0.6) is 5.88 Å². The van der Waals surface area contributed by atoms with Crippen LogP contribution in [0.3, 0.4) is 0 Å². The van der Waals surface area contributed by atoms with Crippen molar-refractivity contribution in [2.45, 2.75) is 45.3 Å². The van der Waals surface area contributed by atoms with Crippen molar-refractivity contribution in [3.05, 3.63) is 48.0 Å². The van der Waals surface area contributed by atoms with Crippen molar-refractivity contribution in [2.75, 3.05) is 13.6 Å². The molecule has 0 unspecified atom stereocenters. The number of nitrogens with one attached hydrogen (secondary N) is 1. The zero-order valence-corrected chi connectivity index (χ0v) is 16.4. The van der Waals surface area contributed by atoms with Crippen LogP contribution < -0.4 is 10.1 Å². The molecule has 150 valence electrons. The van der Waals surface area contributed by atoms with Crippen LogP contribution >= 0.6 is 0 Å². The van der Waals surface area contributed by atoms with E-state index in [0.29, 0.717) is 12.4 Å². The van der Waals surface area contributed by atoms with E-state index < -0.39 is 0 Å². The third-order valence-electron chi connectivity index (χ3n) is 5.00. The highest BCUT2D eigenvalue weighted by Gasteiger charge is 2.20. The third-order valence-corrected chi connectivity index (χ3v) is 5.00. The Bertz CT molecular complexity index is 783. The highest BCUT2D eigenvalue weighted by molar-refractivity contribution is 5.94. The molecule has 7 heteroatoms. The Morgan fingerprint density at radius 3 is 2.79 bits per heavy atom. The van der Waals surface area contributed by atoms with Gasteiger partial charge in [0.25, 0.3) is 5.91 Å². The maximum atomic E-state index is 12.2. The van der Waals surface area contributed by atoms with E-state index in [-0.39, 0.29) is 30.2 Å². The highest BCUT2D eigenvalue weighted by Crippen LogP contribution is 2.26. The van der Waals surface area contributed by atoms with Gasteiger partial charge in [-0.25, -0.2) is 4.98 Å². The van der Waals surface area contributed by atoms with Crippen molar-refractivity contribution in [1.82, 2.24) is 15.2 Å². The van der Waals surface area contributed by atoms with Crippen LogP contribution in [0.15, 0.2) is 41.1 Å². The molecule has 0 radical (unpaired) electrons. The fourth-order valence-corrected chi connectivity index (χ4v) is 3.28. The van der Waals surface area contributed by atoms with Crippen LogP contribution in [0, 0.1) is 5.92 Å². The predicted octanol–water partition coefficient (Wildman–Crippen LogP) is 3.02. The molecule has 7 nitrogen and oxygen atoms in total. The second-order valence-corrected chi connectivity index (χ2v) is 7.42. The number of furan rings is 1. The molecule has 2 aromatic rings. The summed E-state index contributed by atoms with van der Waals surface area (Å²) >= 11 is 0. The van der Waals surface area contributed by atoms with E-state index in [1.54, 1.807) is 25.4 Å². The lowest BCUT2D eigenvalue weighted by molar-refractivity contribution is -0.121. The van der Waals surface area contributed by atoms with Crippen LogP contribution in [0.1, 0.15) is 48.7 Å². The SMILES string of the molecule is CC1CCC(Oc2cc(CNC(=O)CN(C)C(=O)c3ccco3)ccn2)CC1. The molecular weight excluding hydrogens is 358 g/mol. The lowest BCUT2D eigenvalue weighted by atomic mass is 9.89. The molecule has 0 aromatic carbocycles. The summed E-state index contributed by atoms with van der Waals surface area (Å²) in [6.45, 7) is 2.58. The fourth-order valence-electron chi connectivity index (χ4n) is 3.28. The van der Waals surface area contributed by atoms with Gasteiger partial charge >= 0.3 is 0 Å². The van der Waals surface area contributed by atoms with E-state index in [1.165, 1.54) is 24.0 Å². The maximum absolute atomic E-state index is 12.2. The molecule has 3 rings (SSSR count). The lowest BCUT2D eigenvalue weighted by Crippen LogP contribution is -2.38. The summed E-state index contributed by atoms with van der Waals surface area (Å²) < 4.78 is 11.1. The molecule has 1 aliphatic rings. The Labute approximate surface area is 165 Å². The first-order chi connectivity index (χ1) is 13.5. The predicted molar refractivity (Wildman–Crippen MR) is 104 cm³/mol. The normalized spacial score (nSPS) is 19.1. The number of ether oxygens (including phenoxy) is 1. The minimum absolute atomic E-state index is 0.0474. The number of hydrogen-bond donors (Lipinski definition) is 1. The van der Waals surface area contributed by atoms with Gasteiger partial charge in [0.15, 0.2) is 5.76 Å². The van der Waals surface area contributed by atoms with Gasteiger partial charge in [-0.2, -0.15) is 0 Å². The second kappa shape index (κ2) is 9.39. The Morgan fingerprint density at radius 2 is 2.07 bits per heavy atom. The smallest absolute Gasteiger partial charge is 0.289 e. The molecular formula is C21H27N3O4. The summed E-state index contributed by atoms with van der Waals surface area (Å²) in [5.41, 5.74) is 0.905.